The van der Waals surface area contributed by atoms with Gasteiger partial charge in [0.05, 0.1) is 5.39 Å². The summed E-state index contributed by atoms with van der Waals surface area (Å²) in [6.07, 6.45) is 4.64. The second kappa shape index (κ2) is 6.61. The van der Waals surface area contributed by atoms with Gasteiger partial charge in [-0.1, -0.05) is 48.5 Å². The van der Waals surface area contributed by atoms with E-state index in [2.05, 4.69) is 48.5 Å². The monoisotopic (exact) mass is 394 g/mol. The number of aryl methyl sites for hydroxylation is 2. The first-order valence-corrected chi connectivity index (χ1v) is 10.6. The van der Waals surface area contributed by atoms with E-state index in [0.717, 1.165) is 29.4 Å². The molecular formula is C27H22O3. The highest BCUT2D eigenvalue weighted by molar-refractivity contribution is 6.18. The first-order chi connectivity index (χ1) is 14.8. The molecule has 0 radical (unpaired) electrons. The van der Waals surface area contributed by atoms with Crippen molar-refractivity contribution in [3.8, 4) is 17.1 Å². The number of aliphatic hydroxyl groups is 1. The van der Waals surface area contributed by atoms with E-state index in [0.29, 0.717) is 11.1 Å². The number of hydrogen-bond donors (Lipinski definition) is 2. The molecule has 2 N–H and O–H groups in total. The molecule has 1 aliphatic rings. The largest absolute Gasteiger partial charge is 0.480 e. The van der Waals surface area contributed by atoms with Gasteiger partial charge in [0.15, 0.2) is 0 Å². The highest BCUT2D eigenvalue weighted by atomic mass is 16.5. The van der Waals surface area contributed by atoms with Crippen LogP contribution in [0, 0.1) is 0 Å². The summed E-state index contributed by atoms with van der Waals surface area (Å²) in [4.78, 5) is 0. The summed E-state index contributed by atoms with van der Waals surface area (Å²) in [6, 6.07) is 21.2. The topological polar surface area (TPSA) is 53.6 Å². The molecule has 0 saturated carbocycles. The fourth-order valence-corrected chi connectivity index (χ4v) is 5.26. The zero-order valence-electron chi connectivity index (χ0n) is 16.6. The SMILES string of the molecule is OCc1oc(O)c2cccc(-c3cc4ccccc4c4ccc5c(c34)CCCC5)c12. The molecule has 0 fully saturated rings. The van der Waals surface area contributed by atoms with E-state index in [9.17, 15) is 10.2 Å². The van der Waals surface area contributed by atoms with Crippen molar-refractivity contribution in [1.29, 1.82) is 0 Å². The highest BCUT2D eigenvalue weighted by Gasteiger charge is 2.21. The van der Waals surface area contributed by atoms with Crippen LogP contribution < -0.4 is 0 Å². The molecule has 0 bridgehead atoms. The highest BCUT2D eigenvalue weighted by Crippen LogP contribution is 2.44. The van der Waals surface area contributed by atoms with E-state index in [1.54, 1.807) is 0 Å². The quantitative estimate of drug-likeness (QED) is 0.337. The molecule has 3 heteroatoms. The summed E-state index contributed by atoms with van der Waals surface area (Å²) >= 11 is 0. The number of rotatable bonds is 2. The lowest BCUT2D eigenvalue weighted by Gasteiger charge is -2.22. The Morgan fingerprint density at radius 3 is 2.50 bits per heavy atom. The second-order valence-electron chi connectivity index (χ2n) is 8.19. The van der Waals surface area contributed by atoms with Crippen LogP contribution in [0.4, 0.5) is 0 Å². The van der Waals surface area contributed by atoms with Gasteiger partial charge in [-0.05, 0) is 81.6 Å². The Balaban J connectivity index is 1.82. The summed E-state index contributed by atoms with van der Waals surface area (Å²) in [6.45, 7) is -0.252. The molecule has 4 aromatic carbocycles. The van der Waals surface area contributed by atoms with Gasteiger partial charge < -0.3 is 14.6 Å². The molecule has 30 heavy (non-hydrogen) atoms. The van der Waals surface area contributed by atoms with E-state index in [4.69, 9.17) is 4.42 Å². The number of hydrogen-bond acceptors (Lipinski definition) is 3. The Kier molecular flexibility index (Phi) is 3.87. The van der Waals surface area contributed by atoms with Gasteiger partial charge in [-0.25, -0.2) is 0 Å². The number of aliphatic hydroxyl groups excluding tert-OH is 1. The van der Waals surface area contributed by atoms with Crippen LogP contribution in [0.15, 0.2) is 65.1 Å². The lowest BCUT2D eigenvalue weighted by Crippen LogP contribution is -2.04. The molecular weight excluding hydrogens is 372 g/mol. The van der Waals surface area contributed by atoms with E-state index in [1.165, 1.54) is 45.5 Å². The second-order valence-corrected chi connectivity index (χ2v) is 8.19. The normalized spacial score (nSPS) is 13.9. The van der Waals surface area contributed by atoms with Crippen LogP contribution >= 0.6 is 0 Å². The Bertz CT molecular complexity index is 1440. The zero-order chi connectivity index (χ0) is 20.2. The van der Waals surface area contributed by atoms with Gasteiger partial charge in [0.25, 0.3) is 5.95 Å². The third-order valence-electron chi connectivity index (χ3n) is 6.58. The van der Waals surface area contributed by atoms with Crippen molar-refractivity contribution in [1.82, 2.24) is 0 Å². The zero-order valence-corrected chi connectivity index (χ0v) is 16.6. The molecule has 5 aromatic rings. The molecule has 1 aliphatic carbocycles. The molecule has 148 valence electrons. The predicted molar refractivity (Wildman–Crippen MR) is 121 cm³/mol. The van der Waals surface area contributed by atoms with Crippen LogP contribution in [0.2, 0.25) is 0 Å². The average Bonchev–Trinajstić information content (AvgIpc) is 3.14. The molecule has 3 nitrogen and oxygen atoms in total. The van der Waals surface area contributed by atoms with Crippen LogP contribution in [0.1, 0.15) is 29.7 Å². The van der Waals surface area contributed by atoms with E-state index in [-0.39, 0.29) is 12.6 Å². The molecule has 1 aromatic heterocycles. The first kappa shape index (κ1) is 17.5. The van der Waals surface area contributed by atoms with Gasteiger partial charge in [0.1, 0.15) is 12.4 Å². The number of aromatic hydroxyl groups is 1. The van der Waals surface area contributed by atoms with Gasteiger partial charge in [-0.15, -0.1) is 0 Å². The third kappa shape index (κ3) is 2.42. The third-order valence-corrected chi connectivity index (χ3v) is 6.58. The summed E-state index contributed by atoms with van der Waals surface area (Å²) in [5.74, 6) is 0.271. The standard InChI is InChI=1S/C27H22O3/c28-15-24-26-20(10-5-11-22(26)27(29)30-24)23-14-17-7-2-3-8-18(17)21-13-12-16-6-1-4-9-19(16)25(21)23/h2-3,5,7-8,10-14,28-29H,1,4,6,9,15H2. The number of benzene rings is 4. The fourth-order valence-electron chi connectivity index (χ4n) is 5.26. The lowest BCUT2D eigenvalue weighted by molar-refractivity contribution is 0.230. The van der Waals surface area contributed by atoms with Gasteiger partial charge in [-0.3, -0.25) is 0 Å². The van der Waals surface area contributed by atoms with E-state index in [1.807, 2.05) is 12.1 Å². The predicted octanol–water partition coefficient (Wildman–Crippen LogP) is 6.48. The van der Waals surface area contributed by atoms with Crippen molar-refractivity contribution in [3.05, 3.63) is 77.6 Å². The summed E-state index contributed by atoms with van der Waals surface area (Å²) in [7, 11) is 0. The van der Waals surface area contributed by atoms with Crippen LogP contribution in [-0.4, -0.2) is 10.2 Å². The first-order valence-electron chi connectivity index (χ1n) is 10.6. The van der Waals surface area contributed by atoms with Gasteiger partial charge in [-0.2, -0.15) is 0 Å². The maximum Gasteiger partial charge on any atom is 0.290 e. The molecule has 0 spiro atoms. The van der Waals surface area contributed by atoms with Crippen molar-refractivity contribution >= 4 is 32.3 Å². The number of fused-ring (bicyclic) bond motifs is 6. The van der Waals surface area contributed by atoms with E-state index >= 15 is 0 Å². The van der Waals surface area contributed by atoms with Crippen molar-refractivity contribution in [2.45, 2.75) is 32.3 Å². The van der Waals surface area contributed by atoms with Crippen molar-refractivity contribution in [3.63, 3.8) is 0 Å². The molecule has 0 amide bonds. The van der Waals surface area contributed by atoms with Crippen LogP contribution in [0.5, 0.6) is 5.95 Å². The summed E-state index contributed by atoms with van der Waals surface area (Å²) in [5.41, 5.74) is 5.02. The van der Waals surface area contributed by atoms with Crippen LogP contribution in [-0.2, 0) is 19.4 Å². The van der Waals surface area contributed by atoms with Crippen LogP contribution in [0.3, 0.4) is 0 Å². The van der Waals surface area contributed by atoms with Gasteiger partial charge in [0.2, 0.25) is 0 Å². The Labute approximate surface area is 174 Å². The lowest BCUT2D eigenvalue weighted by atomic mass is 9.82. The van der Waals surface area contributed by atoms with Crippen molar-refractivity contribution < 1.29 is 14.6 Å². The van der Waals surface area contributed by atoms with Gasteiger partial charge >= 0.3 is 0 Å². The number of furan rings is 1. The summed E-state index contributed by atoms with van der Waals surface area (Å²) in [5, 5.41) is 26.6. The summed E-state index contributed by atoms with van der Waals surface area (Å²) < 4.78 is 5.49. The average molecular weight is 394 g/mol. The Morgan fingerprint density at radius 1 is 0.767 bits per heavy atom. The van der Waals surface area contributed by atoms with E-state index < -0.39 is 0 Å². The molecule has 0 saturated heterocycles. The molecule has 1 heterocycles. The minimum atomic E-state index is -0.252. The van der Waals surface area contributed by atoms with Crippen molar-refractivity contribution in [2.24, 2.45) is 0 Å². The maximum atomic E-state index is 10.3. The Hall–Kier alpha value is -3.30. The maximum absolute atomic E-state index is 10.3. The smallest absolute Gasteiger partial charge is 0.290 e. The van der Waals surface area contributed by atoms with Crippen LogP contribution in [0.25, 0.3) is 43.4 Å². The minimum absolute atomic E-state index is 0.136. The molecule has 0 aliphatic heterocycles. The minimum Gasteiger partial charge on any atom is -0.480 e. The fraction of sp³-hybridized carbons (Fsp3) is 0.185. The Morgan fingerprint density at radius 2 is 1.60 bits per heavy atom. The van der Waals surface area contributed by atoms with Gasteiger partial charge in [0, 0.05) is 5.39 Å². The molecule has 0 atom stereocenters. The van der Waals surface area contributed by atoms with Crippen molar-refractivity contribution in [2.75, 3.05) is 0 Å². The molecule has 0 unspecified atom stereocenters. The molecule has 6 rings (SSSR count).